The van der Waals surface area contributed by atoms with Gasteiger partial charge in [-0.3, -0.25) is 19.2 Å². The highest BCUT2D eigenvalue weighted by molar-refractivity contribution is 5.67. The van der Waals surface area contributed by atoms with Crippen molar-refractivity contribution in [3.8, 4) is 0 Å². The van der Waals surface area contributed by atoms with E-state index in [9.17, 15) is 19.2 Å². The Labute approximate surface area is 288 Å². The molecule has 2 aliphatic heterocycles. The van der Waals surface area contributed by atoms with Crippen molar-refractivity contribution in [3.63, 3.8) is 0 Å². The molecule has 0 radical (unpaired) electrons. The van der Waals surface area contributed by atoms with Crippen molar-refractivity contribution < 1.29 is 47.6 Å². The van der Waals surface area contributed by atoms with Crippen LogP contribution >= 0.6 is 0 Å². The summed E-state index contributed by atoms with van der Waals surface area (Å²) in [5.41, 5.74) is -3.67. The number of hydrogen-bond donors (Lipinski definition) is 0. The van der Waals surface area contributed by atoms with Gasteiger partial charge in [0.15, 0.2) is 0 Å². The lowest BCUT2D eigenvalue weighted by Crippen LogP contribution is -2.60. The molecule has 4 rings (SSSR count). The van der Waals surface area contributed by atoms with Crippen LogP contribution in [-0.4, -0.2) is 70.7 Å². The van der Waals surface area contributed by atoms with Gasteiger partial charge in [0.2, 0.25) is 0 Å². The van der Waals surface area contributed by atoms with Crippen molar-refractivity contribution in [3.05, 3.63) is 0 Å². The molecule has 48 heavy (non-hydrogen) atoms. The van der Waals surface area contributed by atoms with Crippen LogP contribution in [-0.2, 0) is 47.6 Å². The molecule has 2 aliphatic carbocycles. The highest BCUT2D eigenvalue weighted by atomic mass is 16.6. The second-order valence-electron chi connectivity index (χ2n) is 17.3. The summed E-state index contributed by atoms with van der Waals surface area (Å²) in [5.74, 6) is -1.49. The van der Waals surface area contributed by atoms with Gasteiger partial charge in [-0.1, -0.05) is 13.8 Å². The van der Waals surface area contributed by atoms with E-state index < -0.39 is 45.4 Å². The quantitative estimate of drug-likeness (QED) is 0.205. The number of esters is 4. The van der Waals surface area contributed by atoms with Gasteiger partial charge >= 0.3 is 23.9 Å². The Morgan fingerprint density at radius 1 is 0.521 bits per heavy atom. The van der Waals surface area contributed by atoms with E-state index in [0.29, 0.717) is 51.4 Å². The van der Waals surface area contributed by atoms with Gasteiger partial charge in [0.25, 0.3) is 0 Å². The Morgan fingerprint density at radius 2 is 0.854 bits per heavy atom. The molecule has 0 bridgehead atoms. The van der Waals surface area contributed by atoms with Crippen molar-refractivity contribution in [2.75, 3.05) is 0 Å². The highest BCUT2D eigenvalue weighted by Crippen LogP contribution is 2.60. The van der Waals surface area contributed by atoms with Crippen LogP contribution < -0.4 is 0 Å². The summed E-state index contributed by atoms with van der Waals surface area (Å²) in [7, 11) is 0. The summed E-state index contributed by atoms with van der Waals surface area (Å²) >= 11 is 0. The summed E-state index contributed by atoms with van der Waals surface area (Å²) in [6, 6.07) is 0. The maximum absolute atomic E-state index is 12.6. The Bertz CT molecular complexity index is 1150. The number of ether oxygens (including phenoxy) is 6. The van der Waals surface area contributed by atoms with Gasteiger partial charge in [0.05, 0.1) is 23.4 Å². The Balaban J connectivity index is 1.75. The first-order chi connectivity index (χ1) is 22.0. The molecule has 0 aromatic rings. The molecule has 10 nitrogen and oxygen atoms in total. The summed E-state index contributed by atoms with van der Waals surface area (Å²) in [5, 5.41) is 0. The van der Waals surface area contributed by atoms with Crippen LogP contribution in [0.5, 0.6) is 0 Å². The van der Waals surface area contributed by atoms with Crippen LogP contribution in [0.2, 0.25) is 0 Å². The standard InChI is InChI=1S/C38H62O10/c1-23(39)43-29-15-19-35(9)27(37(11,45-25(3)41)21-17-31(35)47-33(29,5)6)13-14-28-36(10)20-16-30(44-24(2)40)34(7,8)48-32(36)18-22-38(28,12)46-26(4)42/h27-32H,13-22H2,1-12H3. The zero-order chi connectivity index (χ0) is 36.1. The molecule has 2 saturated carbocycles. The lowest BCUT2D eigenvalue weighted by Gasteiger charge is -2.58. The molecule has 4 fully saturated rings. The van der Waals surface area contributed by atoms with Gasteiger partial charge in [-0.15, -0.1) is 0 Å². The number of hydrogen-bond acceptors (Lipinski definition) is 10. The fourth-order valence-corrected chi connectivity index (χ4v) is 10.5. The van der Waals surface area contributed by atoms with Crippen molar-refractivity contribution >= 4 is 23.9 Å². The van der Waals surface area contributed by atoms with Crippen LogP contribution in [0.1, 0.15) is 147 Å². The average Bonchev–Trinajstić information content (AvgIpc) is 3.08. The van der Waals surface area contributed by atoms with Crippen LogP contribution in [0, 0.1) is 22.7 Å². The molecule has 10 atom stereocenters. The van der Waals surface area contributed by atoms with E-state index in [4.69, 9.17) is 28.4 Å². The van der Waals surface area contributed by atoms with Gasteiger partial charge in [0.1, 0.15) is 23.4 Å². The molecule has 10 unspecified atom stereocenters. The molecule has 0 amide bonds. The minimum absolute atomic E-state index is 0.0954. The van der Waals surface area contributed by atoms with Crippen molar-refractivity contribution in [2.45, 2.75) is 194 Å². The van der Waals surface area contributed by atoms with E-state index >= 15 is 0 Å². The van der Waals surface area contributed by atoms with Gasteiger partial charge in [-0.2, -0.15) is 0 Å². The van der Waals surface area contributed by atoms with Gasteiger partial charge in [0, 0.05) is 50.4 Å². The maximum Gasteiger partial charge on any atom is 0.303 e. The van der Waals surface area contributed by atoms with E-state index in [-0.39, 0.29) is 47.9 Å². The first kappa shape index (κ1) is 38.6. The fraction of sp³-hybridized carbons (Fsp3) is 0.895. The van der Waals surface area contributed by atoms with Crippen LogP contribution in [0.4, 0.5) is 0 Å². The normalized spacial score (nSPS) is 42.1. The van der Waals surface area contributed by atoms with Crippen molar-refractivity contribution in [1.29, 1.82) is 0 Å². The van der Waals surface area contributed by atoms with Crippen LogP contribution in [0.15, 0.2) is 0 Å². The Kier molecular flexibility index (Phi) is 10.9. The summed E-state index contributed by atoms with van der Waals surface area (Å²) in [6.07, 6.45) is 5.72. The highest BCUT2D eigenvalue weighted by Gasteiger charge is 2.62. The monoisotopic (exact) mass is 678 g/mol. The van der Waals surface area contributed by atoms with Crippen LogP contribution in [0.3, 0.4) is 0 Å². The summed E-state index contributed by atoms with van der Waals surface area (Å²) in [4.78, 5) is 49.4. The third-order valence-electron chi connectivity index (χ3n) is 12.8. The predicted octanol–water partition coefficient (Wildman–Crippen LogP) is 7.02. The molecule has 4 aliphatic rings. The summed E-state index contributed by atoms with van der Waals surface area (Å²) < 4.78 is 37.8. The van der Waals surface area contributed by atoms with Gasteiger partial charge < -0.3 is 28.4 Å². The van der Waals surface area contributed by atoms with E-state index in [1.807, 2.05) is 27.7 Å². The largest absolute Gasteiger partial charge is 0.460 e. The third-order valence-corrected chi connectivity index (χ3v) is 12.8. The van der Waals surface area contributed by atoms with E-state index in [1.54, 1.807) is 0 Å². The summed E-state index contributed by atoms with van der Waals surface area (Å²) in [6.45, 7) is 22.4. The maximum atomic E-state index is 12.6. The van der Waals surface area contributed by atoms with Crippen molar-refractivity contribution in [2.24, 2.45) is 22.7 Å². The third kappa shape index (κ3) is 7.59. The molecule has 0 spiro atoms. The zero-order valence-electron chi connectivity index (χ0n) is 31.6. The topological polar surface area (TPSA) is 124 Å². The molecule has 0 aromatic carbocycles. The van der Waals surface area contributed by atoms with Gasteiger partial charge in [-0.25, -0.2) is 0 Å². The number of rotatable bonds is 7. The number of carbonyl (C=O) groups is 4. The molecule has 10 heteroatoms. The Hall–Kier alpha value is -2.20. The lowest BCUT2D eigenvalue weighted by atomic mass is 9.53. The molecule has 2 heterocycles. The smallest absolute Gasteiger partial charge is 0.303 e. The predicted molar refractivity (Wildman–Crippen MR) is 179 cm³/mol. The molecule has 0 aromatic heterocycles. The zero-order valence-corrected chi connectivity index (χ0v) is 31.6. The molecular weight excluding hydrogens is 616 g/mol. The first-order valence-corrected chi connectivity index (χ1v) is 18.1. The minimum Gasteiger partial charge on any atom is -0.460 e. The fourth-order valence-electron chi connectivity index (χ4n) is 10.5. The van der Waals surface area contributed by atoms with E-state index in [1.165, 1.54) is 27.7 Å². The SMILES string of the molecule is CC(=O)OC1CCC2(C)C(CCC(C)(OC(C)=O)C2CCC2C(C)(OC(C)=O)CCC3OC(C)(C)C(OC(C)=O)CCC32C)OC1(C)C. The van der Waals surface area contributed by atoms with Crippen LogP contribution in [0.25, 0.3) is 0 Å². The van der Waals surface area contributed by atoms with Crippen molar-refractivity contribution in [1.82, 2.24) is 0 Å². The molecule has 0 N–H and O–H groups in total. The first-order valence-electron chi connectivity index (χ1n) is 18.1. The second kappa shape index (κ2) is 13.5. The minimum atomic E-state index is -0.749. The van der Waals surface area contributed by atoms with E-state index in [2.05, 4.69) is 27.7 Å². The molecular formula is C38H62O10. The van der Waals surface area contributed by atoms with E-state index in [0.717, 1.165) is 12.8 Å². The number of fused-ring (bicyclic) bond motifs is 2. The van der Waals surface area contributed by atoms with Gasteiger partial charge in [-0.05, 0) is 106 Å². The molecule has 274 valence electrons. The Morgan fingerprint density at radius 3 is 1.15 bits per heavy atom. The average molecular weight is 679 g/mol. The second-order valence-corrected chi connectivity index (χ2v) is 17.3. The lowest BCUT2D eigenvalue weighted by molar-refractivity contribution is -0.231. The molecule has 2 saturated heterocycles. The number of carbonyl (C=O) groups excluding carboxylic acids is 4.